The largest absolute Gasteiger partial charge is 0.497 e. The van der Waals surface area contributed by atoms with Gasteiger partial charge in [-0.25, -0.2) is 4.79 Å². The number of carbonyl (C=O) groups is 3. The number of urea groups is 1. The lowest BCUT2D eigenvalue weighted by atomic mass is 9.92. The number of ether oxygens (including phenoxy) is 1. The predicted octanol–water partition coefficient (Wildman–Crippen LogP) is 3.55. The monoisotopic (exact) mass is 430 g/mol. The molecule has 0 bridgehead atoms. The van der Waals surface area contributed by atoms with Crippen LogP contribution in [-0.2, 0) is 10.3 Å². The third-order valence-electron chi connectivity index (χ3n) is 5.28. The van der Waals surface area contributed by atoms with Crippen molar-refractivity contribution in [3.8, 4) is 5.75 Å². The quantitative estimate of drug-likeness (QED) is 0.520. The van der Waals surface area contributed by atoms with Crippen LogP contribution in [-0.4, -0.2) is 30.0 Å². The molecule has 1 heterocycles. The fourth-order valence-corrected chi connectivity index (χ4v) is 3.50. The molecule has 8 heteroatoms. The van der Waals surface area contributed by atoms with Crippen LogP contribution in [0.3, 0.4) is 0 Å². The molecular weight excluding hydrogens is 408 g/mol. The summed E-state index contributed by atoms with van der Waals surface area (Å²) in [6.07, 6.45) is 0. The van der Waals surface area contributed by atoms with Crippen molar-refractivity contribution in [2.24, 2.45) is 0 Å². The highest BCUT2D eigenvalue weighted by Gasteiger charge is 2.50. The number of methoxy groups -OCH3 is 1. The minimum absolute atomic E-state index is 0.284. The molecule has 1 aliphatic rings. The number of imide groups is 1. The van der Waals surface area contributed by atoms with Crippen LogP contribution in [0, 0.1) is 0 Å². The average Bonchev–Trinajstić information content (AvgIpc) is 3.04. The van der Waals surface area contributed by atoms with Crippen LogP contribution >= 0.6 is 0 Å². The highest BCUT2D eigenvalue weighted by atomic mass is 16.5. The molecule has 4 amide bonds. The molecule has 0 aromatic heterocycles. The molecule has 3 aromatic rings. The summed E-state index contributed by atoms with van der Waals surface area (Å²) in [4.78, 5) is 38.8. The van der Waals surface area contributed by atoms with Crippen molar-refractivity contribution in [3.05, 3.63) is 90.0 Å². The Balaban J connectivity index is 1.57. The van der Waals surface area contributed by atoms with Crippen molar-refractivity contribution in [2.45, 2.75) is 12.5 Å². The number of hydrogen-bond acceptors (Lipinski definition) is 5. The number of para-hydroxylation sites is 2. The number of rotatable bonds is 6. The molecule has 3 aromatic carbocycles. The highest BCUT2D eigenvalue weighted by molar-refractivity contribution is 6.10. The first-order valence-electron chi connectivity index (χ1n) is 9.95. The van der Waals surface area contributed by atoms with E-state index in [-0.39, 0.29) is 5.56 Å². The molecule has 8 nitrogen and oxygen atoms in total. The van der Waals surface area contributed by atoms with Crippen molar-refractivity contribution >= 4 is 29.2 Å². The molecule has 162 valence electrons. The molecule has 1 aliphatic heterocycles. The summed E-state index contributed by atoms with van der Waals surface area (Å²) < 4.78 is 5.22. The zero-order valence-electron chi connectivity index (χ0n) is 17.6. The van der Waals surface area contributed by atoms with E-state index in [1.54, 1.807) is 55.5 Å². The Hall–Kier alpha value is -4.33. The highest BCUT2D eigenvalue weighted by Crippen LogP contribution is 2.30. The van der Waals surface area contributed by atoms with Gasteiger partial charge in [0.2, 0.25) is 0 Å². The van der Waals surface area contributed by atoms with Crippen LogP contribution in [0.25, 0.3) is 0 Å². The zero-order valence-corrected chi connectivity index (χ0v) is 17.6. The van der Waals surface area contributed by atoms with Gasteiger partial charge in [0.1, 0.15) is 11.3 Å². The second-order valence-corrected chi connectivity index (χ2v) is 7.41. The van der Waals surface area contributed by atoms with E-state index in [9.17, 15) is 14.4 Å². The maximum absolute atomic E-state index is 13.2. The van der Waals surface area contributed by atoms with E-state index in [1.165, 1.54) is 7.11 Å². The maximum atomic E-state index is 13.2. The van der Waals surface area contributed by atoms with E-state index >= 15 is 0 Å². The van der Waals surface area contributed by atoms with Crippen molar-refractivity contribution in [2.75, 3.05) is 12.4 Å². The van der Waals surface area contributed by atoms with Crippen molar-refractivity contribution < 1.29 is 19.1 Å². The van der Waals surface area contributed by atoms with Gasteiger partial charge in [-0.05, 0) is 48.9 Å². The molecule has 0 aliphatic carbocycles. The lowest BCUT2D eigenvalue weighted by Crippen LogP contribution is -2.48. The van der Waals surface area contributed by atoms with E-state index in [1.807, 2.05) is 30.3 Å². The summed E-state index contributed by atoms with van der Waals surface area (Å²) >= 11 is 0. The zero-order chi connectivity index (χ0) is 22.7. The Morgan fingerprint density at radius 3 is 2.44 bits per heavy atom. The van der Waals surface area contributed by atoms with Gasteiger partial charge in [0, 0.05) is 5.69 Å². The number of anilines is 2. The molecule has 1 fully saturated rings. The molecule has 0 unspecified atom stereocenters. The van der Waals surface area contributed by atoms with Crippen LogP contribution in [0.2, 0.25) is 0 Å². The van der Waals surface area contributed by atoms with Crippen LogP contribution < -0.4 is 20.8 Å². The summed E-state index contributed by atoms with van der Waals surface area (Å²) in [7, 11) is 1.52. The second kappa shape index (κ2) is 8.43. The molecule has 32 heavy (non-hydrogen) atoms. The molecule has 0 saturated carbocycles. The van der Waals surface area contributed by atoms with Crippen molar-refractivity contribution in [3.63, 3.8) is 0 Å². The molecule has 0 spiro atoms. The second-order valence-electron chi connectivity index (χ2n) is 7.41. The standard InChI is InChI=1S/C24H22N4O4/c1-24(16-9-8-12-18(15-16)32-2)22(30)28(23(31)26-24)27-21(29)19-13-6-7-14-20(19)25-17-10-4-3-5-11-17/h3-15,25H,1-2H3,(H,26,31)(H,27,29)/t24-/m0/s1. The molecular formula is C24H22N4O4. The van der Waals surface area contributed by atoms with Gasteiger partial charge in [-0.3, -0.25) is 15.0 Å². The van der Waals surface area contributed by atoms with E-state index in [4.69, 9.17) is 4.74 Å². The van der Waals surface area contributed by atoms with Gasteiger partial charge in [0.05, 0.1) is 18.4 Å². The molecule has 3 N–H and O–H groups in total. The number of hydrogen-bond donors (Lipinski definition) is 3. The molecule has 4 rings (SSSR count). The Kier molecular flexibility index (Phi) is 5.51. The average molecular weight is 430 g/mol. The fourth-order valence-electron chi connectivity index (χ4n) is 3.50. The van der Waals surface area contributed by atoms with E-state index in [0.29, 0.717) is 22.0 Å². The Morgan fingerprint density at radius 2 is 1.69 bits per heavy atom. The summed E-state index contributed by atoms with van der Waals surface area (Å²) in [6, 6.07) is 22.3. The number of amides is 4. The fraction of sp³-hybridized carbons (Fsp3) is 0.125. The summed E-state index contributed by atoms with van der Waals surface area (Å²) in [6.45, 7) is 1.58. The number of nitrogens with zero attached hydrogens (tertiary/aromatic N) is 1. The van der Waals surface area contributed by atoms with Crippen LogP contribution in [0.5, 0.6) is 5.75 Å². The molecule has 1 saturated heterocycles. The Labute approximate surface area is 185 Å². The summed E-state index contributed by atoms with van der Waals surface area (Å²) in [5.74, 6) is -0.644. The third-order valence-corrected chi connectivity index (χ3v) is 5.28. The number of carbonyl (C=O) groups excluding carboxylic acids is 3. The van der Waals surface area contributed by atoms with Crippen molar-refractivity contribution in [1.29, 1.82) is 0 Å². The number of nitrogens with one attached hydrogen (secondary N) is 3. The van der Waals surface area contributed by atoms with Gasteiger partial charge in [0.25, 0.3) is 11.8 Å². The normalized spacial score (nSPS) is 17.6. The SMILES string of the molecule is COc1cccc([C@]2(C)NC(=O)N(NC(=O)c3ccccc3Nc3ccccc3)C2=O)c1. The lowest BCUT2D eigenvalue weighted by Gasteiger charge is -2.22. The van der Waals surface area contributed by atoms with Gasteiger partial charge in [-0.1, -0.05) is 42.5 Å². The minimum atomic E-state index is -1.35. The van der Waals surface area contributed by atoms with Gasteiger partial charge in [-0.15, -0.1) is 0 Å². The van der Waals surface area contributed by atoms with Gasteiger partial charge in [-0.2, -0.15) is 5.01 Å². The smallest absolute Gasteiger partial charge is 0.344 e. The number of hydrazine groups is 1. The molecule has 0 radical (unpaired) electrons. The van der Waals surface area contributed by atoms with Gasteiger partial charge in [0.15, 0.2) is 0 Å². The lowest BCUT2D eigenvalue weighted by molar-refractivity contribution is -0.132. The summed E-state index contributed by atoms with van der Waals surface area (Å²) in [5, 5.41) is 6.55. The first-order chi connectivity index (χ1) is 15.4. The van der Waals surface area contributed by atoms with E-state index in [2.05, 4.69) is 16.1 Å². The maximum Gasteiger partial charge on any atom is 0.344 e. The minimum Gasteiger partial charge on any atom is -0.497 e. The predicted molar refractivity (Wildman–Crippen MR) is 119 cm³/mol. The first kappa shape index (κ1) is 20.9. The van der Waals surface area contributed by atoms with Crippen molar-refractivity contribution in [1.82, 2.24) is 15.8 Å². The van der Waals surface area contributed by atoms with E-state index in [0.717, 1.165) is 5.69 Å². The first-order valence-corrected chi connectivity index (χ1v) is 9.95. The third kappa shape index (κ3) is 3.85. The number of benzene rings is 3. The Morgan fingerprint density at radius 1 is 0.969 bits per heavy atom. The topological polar surface area (TPSA) is 99.8 Å². The van der Waals surface area contributed by atoms with E-state index < -0.39 is 23.4 Å². The van der Waals surface area contributed by atoms with Crippen LogP contribution in [0.4, 0.5) is 16.2 Å². The Bertz CT molecular complexity index is 1180. The van der Waals surface area contributed by atoms with Gasteiger partial charge >= 0.3 is 6.03 Å². The van der Waals surface area contributed by atoms with Crippen LogP contribution in [0.1, 0.15) is 22.8 Å². The van der Waals surface area contributed by atoms with Crippen LogP contribution in [0.15, 0.2) is 78.9 Å². The molecule has 1 atom stereocenters. The summed E-state index contributed by atoms with van der Waals surface area (Å²) in [5.41, 5.74) is 3.25. The van der Waals surface area contributed by atoms with Gasteiger partial charge < -0.3 is 15.4 Å².